The molecule has 10 nitrogen and oxygen atoms in total. The molecule has 2 aliphatic rings. The van der Waals surface area contributed by atoms with Crippen molar-refractivity contribution in [3.8, 4) is 0 Å². The van der Waals surface area contributed by atoms with Gasteiger partial charge in [-0.25, -0.2) is 9.78 Å². The zero-order chi connectivity index (χ0) is 24.8. The predicted octanol–water partition coefficient (Wildman–Crippen LogP) is 1.46. The first-order valence-electron chi connectivity index (χ1n) is 12.0. The predicted molar refractivity (Wildman–Crippen MR) is 124 cm³/mol. The van der Waals surface area contributed by atoms with Crippen molar-refractivity contribution < 1.29 is 24.3 Å². The van der Waals surface area contributed by atoms with Crippen LogP contribution < -0.4 is 16.0 Å². The molecule has 186 valence electrons. The van der Waals surface area contributed by atoms with Crippen molar-refractivity contribution in [1.29, 1.82) is 0 Å². The molecule has 3 rings (SSSR count). The lowest BCUT2D eigenvalue weighted by atomic mass is 9.79. The molecule has 2 atom stereocenters. The second kappa shape index (κ2) is 11.0. The number of nitrogens with zero attached hydrogens (tertiary/aromatic N) is 2. The van der Waals surface area contributed by atoms with Gasteiger partial charge in [-0.05, 0) is 43.6 Å². The highest BCUT2D eigenvalue weighted by molar-refractivity contribution is 6.08. The Hall–Kier alpha value is -2.88. The zero-order valence-corrected chi connectivity index (χ0v) is 19.9. The van der Waals surface area contributed by atoms with Crippen LogP contribution in [0.5, 0.6) is 0 Å². The van der Waals surface area contributed by atoms with Crippen LogP contribution in [0.1, 0.15) is 75.7 Å². The Bertz CT molecular complexity index is 892. The first-order valence-corrected chi connectivity index (χ1v) is 12.0. The summed E-state index contributed by atoms with van der Waals surface area (Å²) in [4.78, 5) is 58.6. The van der Waals surface area contributed by atoms with E-state index in [0.29, 0.717) is 13.0 Å². The number of aromatic nitrogens is 2. The summed E-state index contributed by atoms with van der Waals surface area (Å²) in [5.74, 6) is -2.28. The maximum absolute atomic E-state index is 13.2. The maximum atomic E-state index is 13.2. The van der Waals surface area contributed by atoms with Crippen LogP contribution in [-0.4, -0.2) is 63.3 Å². The van der Waals surface area contributed by atoms with Crippen molar-refractivity contribution in [3.05, 3.63) is 24.3 Å². The molecule has 1 saturated carbocycles. The van der Waals surface area contributed by atoms with E-state index >= 15 is 0 Å². The fourth-order valence-corrected chi connectivity index (χ4v) is 4.86. The van der Waals surface area contributed by atoms with Gasteiger partial charge in [0, 0.05) is 25.4 Å². The van der Waals surface area contributed by atoms with Gasteiger partial charge in [-0.3, -0.25) is 24.7 Å². The fraction of sp³-hybridized carbons (Fsp3) is 0.667. The van der Waals surface area contributed by atoms with E-state index in [1.165, 1.54) is 18.6 Å². The lowest BCUT2D eigenvalue weighted by Crippen LogP contribution is -2.56. The summed E-state index contributed by atoms with van der Waals surface area (Å²) in [6.45, 7) is 4.31. The van der Waals surface area contributed by atoms with Crippen molar-refractivity contribution >= 4 is 23.6 Å². The smallest absolute Gasteiger partial charge is 0.331 e. The van der Waals surface area contributed by atoms with Gasteiger partial charge in [0.2, 0.25) is 5.91 Å². The molecule has 2 heterocycles. The highest BCUT2D eigenvalue weighted by Crippen LogP contribution is 2.30. The van der Waals surface area contributed by atoms with E-state index in [0.717, 1.165) is 32.1 Å². The SMILES string of the molecule is CC(C)(CNC(=O)C(NC(=O)c1cnccn1)C1CCCCC1)CC(=O)C1(C(=O)O)CCCN1. The first-order chi connectivity index (χ1) is 16.1. The largest absolute Gasteiger partial charge is 0.480 e. The van der Waals surface area contributed by atoms with Crippen molar-refractivity contribution in [2.75, 3.05) is 13.1 Å². The molecule has 2 fully saturated rings. The van der Waals surface area contributed by atoms with Crippen LogP contribution in [0.25, 0.3) is 0 Å². The number of carboxylic acids is 1. The van der Waals surface area contributed by atoms with Crippen molar-refractivity contribution in [2.24, 2.45) is 11.3 Å². The maximum Gasteiger partial charge on any atom is 0.331 e. The van der Waals surface area contributed by atoms with Crippen LogP contribution in [0.2, 0.25) is 0 Å². The molecule has 0 spiro atoms. The van der Waals surface area contributed by atoms with E-state index < -0.39 is 28.9 Å². The number of amides is 2. The zero-order valence-electron chi connectivity index (χ0n) is 19.9. The van der Waals surface area contributed by atoms with E-state index in [1.807, 2.05) is 13.8 Å². The minimum absolute atomic E-state index is 0.00659. The summed E-state index contributed by atoms with van der Waals surface area (Å²) in [7, 11) is 0. The summed E-state index contributed by atoms with van der Waals surface area (Å²) < 4.78 is 0. The second-order valence-corrected chi connectivity index (χ2v) is 10.2. The van der Waals surface area contributed by atoms with E-state index in [9.17, 15) is 24.3 Å². The molecule has 1 saturated heterocycles. The summed E-state index contributed by atoms with van der Waals surface area (Å²) in [5.41, 5.74) is -2.06. The van der Waals surface area contributed by atoms with Gasteiger partial charge in [0.25, 0.3) is 5.91 Å². The van der Waals surface area contributed by atoms with Crippen LogP contribution >= 0.6 is 0 Å². The van der Waals surface area contributed by atoms with Gasteiger partial charge in [0.05, 0.1) is 6.20 Å². The number of carbonyl (C=O) groups is 4. The molecule has 0 bridgehead atoms. The summed E-state index contributed by atoms with van der Waals surface area (Å²) in [6.07, 6.45) is 9.94. The van der Waals surface area contributed by atoms with Gasteiger partial charge in [-0.1, -0.05) is 33.1 Å². The van der Waals surface area contributed by atoms with Crippen molar-refractivity contribution in [2.45, 2.75) is 76.8 Å². The van der Waals surface area contributed by atoms with Crippen LogP contribution in [0.3, 0.4) is 0 Å². The van der Waals surface area contributed by atoms with E-state index in [2.05, 4.69) is 25.9 Å². The number of hydrogen-bond donors (Lipinski definition) is 4. The summed E-state index contributed by atoms with van der Waals surface area (Å²) in [5, 5.41) is 18.2. The lowest BCUT2D eigenvalue weighted by Gasteiger charge is -2.32. The van der Waals surface area contributed by atoms with E-state index in [4.69, 9.17) is 0 Å². The highest BCUT2D eigenvalue weighted by atomic mass is 16.4. The van der Waals surface area contributed by atoms with E-state index in [-0.39, 0.29) is 42.7 Å². The molecular formula is C24H35N5O5. The molecule has 1 aromatic heterocycles. The standard InChI is InChI=1S/C24H35N5O5/c1-23(2,13-18(30)24(22(33)34)9-6-10-28-24)15-27-21(32)19(16-7-4-3-5-8-16)29-20(31)17-14-25-11-12-26-17/h11-12,14,16,19,28H,3-10,13,15H2,1-2H3,(H,27,32)(H,29,31)(H,33,34). The minimum atomic E-state index is -1.55. The van der Waals surface area contributed by atoms with Gasteiger partial charge in [0.1, 0.15) is 11.7 Å². The Kier molecular flexibility index (Phi) is 8.35. The third kappa shape index (κ3) is 6.16. The Morgan fingerprint density at radius 3 is 2.50 bits per heavy atom. The highest BCUT2D eigenvalue weighted by Gasteiger charge is 2.49. The third-order valence-electron chi connectivity index (χ3n) is 6.86. The van der Waals surface area contributed by atoms with Gasteiger partial charge >= 0.3 is 5.97 Å². The monoisotopic (exact) mass is 473 g/mol. The third-order valence-corrected chi connectivity index (χ3v) is 6.86. The number of rotatable bonds is 10. The molecule has 1 aromatic rings. The average Bonchev–Trinajstić information content (AvgIpc) is 3.34. The summed E-state index contributed by atoms with van der Waals surface area (Å²) >= 11 is 0. The molecule has 2 unspecified atom stereocenters. The van der Waals surface area contributed by atoms with Crippen molar-refractivity contribution in [3.63, 3.8) is 0 Å². The Morgan fingerprint density at radius 2 is 1.91 bits per heavy atom. The van der Waals surface area contributed by atoms with Crippen LogP contribution in [0.15, 0.2) is 18.6 Å². The van der Waals surface area contributed by atoms with Gasteiger partial charge in [0.15, 0.2) is 11.3 Å². The van der Waals surface area contributed by atoms with E-state index in [1.54, 1.807) is 0 Å². The number of nitrogens with one attached hydrogen (secondary N) is 3. The Labute approximate surface area is 199 Å². The molecule has 1 aliphatic carbocycles. The number of hydrogen-bond acceptors (Lipinski definition) is 7. The topological polar surface area (TPSA) is 150 Å². The van der Waals surface area contributed by atoms with Gasteiger partial charge < -0.3 is 15.7 Å². The Morgan fingerprint density at radius 1 is 1.18 bits per heavy atom. The fourth-order valence-electron chi connectivity index (χ4n) is 4.86. The molecule has 0 radical (unpaired) electrons. The van der Waals surface area contributed by atoms with Crippen LogP contribution in [-0.2, 0) is 14.4 Å². The lowest BCUT2D eigenvalue weighted by molar-refractivity contribution is -0.150. The molecule has 1 aliphatic heterocycles. The first kappa shape index (κ1) is 25.7. The normalized spacial score (nSPS) is 22.1. The van der Waals surface area contributed by atoms with Crippen LogP contribution in [0, 0.1) is 11.3 Å². The molecule has 0 aromatic carbocycles. The minimum Gasteiger partial charge on any atom is -0.480 e. The molecule has 2 amide bonds. The second-order valence-electron chi connectivity index (χ2n) is 10.2. The molecular weight excluding hydrogens is 438 g/mol. The van der Waals surface area contributed by atoms with Crippen molar-refractivity contribution in [1.82, 2.24) is 25.9 Å². The van der Waals surface area contributed by atoms with Crippen LogP contribution in [0.4, 0.5) is 0 Å². The Balaban J connectivity index is 1.65. The average molecular weight is 474 g/mol. The number of ketones is 1. The quantitative estimate of drug-likeness (QED) is 0.373. The molecule has 34 heavy (non-hydrogen) atoms. The molecule has 10 heteroatoms. The summed E-state index contributed by atoms with van der Waals surface area (Å²) in [6, 6.07) is -0.719. The van der Waals surface area contributed by atoms with Gasteiger partial charge in [-0.15, -0.1) is 0 Å². The number of aliphatic carboxylic acids is 1. The van der Waals surface area contributed by atoms with Gasteiger partial charge in [-0.2, -0.15) is 0 Å². The number of carboxylic acid groups (broad SMARTS) is 1. The molecule has 4 N–H and O–H groups in total. The number of carbonyl (C=O) groups excluding carboxylic acids is 3. The number of Topliss-reactive ketones (excluding diaryl/α,β-unsaturated/α-hetero) is 1.